The van der Waals surface area contributed by atoms with Crippen molar-refractivity contribution in [2.45, 2.75) is 20.0 Å². The van der Waals surface area contributed by atoms with Crippen LogP contribution in [-0.4, -0.2) is 27.0 Å². The van der Waals surface area contributed by atoms with E-state index in [1.54, 1.807) is 0 Å². The number of hydrazone groups is 1. The molecule has 3 rings (SSSR count). The largest absolute Gasteiger partial charge is 0.416 e. The number of hydrogen-bond acceptors (Lipinski definition) is 4. The third-order valence-electron chi connectivity index (χ3n) is 3.53. The molecule has 1 aromatic carbocycles. The quantitative estimate of drug-likeness (QED) is 0.805. The zero-order chi connectivity index (χ0) is 18.4. The number of amidine groups is 2. The van der Waals surface area contributed by atoms with Crippen molar-refractivity contribution in [3.05, 3.63) is 41.0 Å². The molecule has 1 amide bonds. The van der Waals surface area contributed by atoms with Crippen LogP contribution in [0.1, 0.15) is 25.0 Å². The molecule has 0 spiro atoms. The summed E-state index contributed by atoms with van der Waals surface area (Å²) in [5.41, 5.74) is -1.29. The van der Waals surface area contributed by atoms with E-state index < -0.39 is 17.6 Å². The van der Waals surface area contributed by atoms with Gasteiger partial charge in [0.1, 0.15) is 5.04 Å². The fraction of sp³-hybridized carbons (Fsp3) is 0.250. The first-order valence-corrected chi connectivity index (χ1v) is 8.16. The van der Waals surface area contributed by atoms with E-state index in [-0.39, 0.29) is 28.1 Å². The topological polar surface area (TPSA) is 68.9 Å². The van der Waals surface area contributed by atoms with Gasteiger partial charge in [-0.1, -0.05) is 32.0 Å². The number of fused-ring (bicyclic) bond motifs is 1. The summed E-state index contributed by atoms with van der Waals surface area (Å²) in [6.07, 6.45) is -3.52. The van der Waals surface area contributed by atoms with Crippen LogP contribution in [0.15, 0.2) is 39.9 Å². The molecule has 0 atom stereocenters. The molecule has 0 radical (unpaired) electrons. The summed E-state index contributed by atoms with van der Waals surface area (Å²) in [4.78, 5) is 16.1. The number of alkyl halides is 3. The highest BCUT2D eigenvalue weighted by Gasteiger charge is 2.37. The Labute approximate surface area is 145 Å². The summed E-state index contributed by atoms with van der Waals surface area (Å²) in [6, 6.07) is 4.88. The molecule has 0 saturated heterocycles. The van der Waals surface area contributed by atoms with E-state index in [4.69, 9.17) is 5.41 Å². The fourth-order valence-corrected chi connectivity index (χ4v) is 3.17. The summed E-state index contributed by atoms with van der Waals surface area (Å²) >= 11 is 1.18. The van der Waals surface area contributed by atoms with Gasteiger partial charge < -0.3 is 0 Å². The molecule has 130 valence electrons. The summed E-state index contributed by atoms with van der Waals surface area (Å²) < 4.78 is 39.4. The third-order valence-corrected chi connectivity index (χ3v) is 4.74. The Morgan fingerprint density at radius 1 is 1.28 bits per heavy atom. The van der Waals surface area contributed by atoms with E-state index in [9.17, 15) is 18.0 Å². The standard InChI is InChI=1S/C16H13F3N4OS/c1-8(2)14-22-23-12(20)10(13(24)21-15(23)25-14)7-9-5-3-4-6-11(9)16(17,18)19/h3-8,20H,1-2H3/b10-7-,20-12?. The van der Waals surface area contributed by atoms with Crippen LogP contribution < -0.4 is 0 Å². The number of hydrogen-bond donors (Lipinski definition) is 1. The molecule has 1 N–H and O–H groups in total. The van der Waals surface area contributed by atoms with E-state index in [0.717, 1.165) is 12.1 Å². The van der Waals surface area contributed by atoms with Crippen molar-refractivity contribution in [3.63, 3.8) is 0 Å². The molecule has 1 aromatic rings. The van der Waals surface area contributed by atoms with E-state index in [1.165, 1.54) is 35.0 Å². The normalized spacial score (nSPS) is 19.4. The van der Waals surface area contributed by atoms with Crippen LogP contribution in [0.5, 0.6) is 0 Å². The first kappa shape index (κ1) is 17.4. The minimum atomic E-state index is -4.56. The van der Waals surface area contributed by atoms with Crippen molar-refractivity contribution in [2.75, 3.05) is 0 Å². The summed E-state index contributed by atoms with van der Waals surface area (Å²) in [5.74, 6) is -0.948. The van der Waals surface area contributed by atoms with Crippen molar-refractivity contribution >= 4 is 39.8 Å². The molecule has 0 aliphatic carbocycles. The molecule has 2 heterocycles. The molecule has 0 unspecified atom stereocenters. The average Bonchev–Trinajstić information content (AvgIpc) is 2.95. The van der Waals surface area contributed by atoms with Crippen molar-refractivity contribution in [1.29, 1.82) is 5.41 Å². The van der Waals surface area contributed by atoms with Gasteiger partial charge in [0.25, 0.3) is 5.91 Å². The number of halogens is 3. The number of nitrogens with one attached hydrogen (secondary N) is 1. The first-order valence-electron chi connectivity index (χ1n) is 7.35. The van der Waals surface area contributed by atoms with Gasteiger partial charge >= 0.3 is 6.18 Å². The number of rotatable bonds is 2. The Kier molecular flexibility index (Phi) is 4.28. The highest BCUT2D eigenvalue weighted by Crippen LogP contribution is 2.34. The number of thioether (sulfide) groups is 1. The lowest BCUT2D eigenvalue weighted by atomic mass is 10.0. The summed E-state index contributed by atoms with van der Waals surface area (Å²) in [6.45, 7) is 3.82. The molecule has 25 heavy (non-hydrogen) atoms. The van der Waals surface area contributed by atoms with Gasteiger partial charge in [0.05, 0.1) is 11.1 Å². The molecule has 0 bridgehead atoms. The lowest BCUT2D eigenvalue weighted by molar-refractivity contribution is -0.137. The van der Waals surface area contributed by atoms with Gasteiger partial charge in [0.2, 0.25) is 5.17 Å². The van der Waals surface area contributed by atoms with Gasteiger partial charge in [0, 0.05) is 5.92 Å². The second-order valence-electron chi connectivity index (χ2n) is 5.70. The zero-order valence-electron chi connectivity index (χ0n) is 13.3. The summed E-state index contributed by atoms with van der Waals surface area (Å²) in [5, 5.41) is 14.5. The predicted molar refractivity (Wildman–Crippen MR) is 91.3 cm³/mol. The van der Waals surface area contributed by atoms with Gasteiger partial charge in [-0.05, 0) is 29.5 Å². The molecular formula is C16H13F3N4OS. The van der Waals surface area contributed by atoms with Gasteiger partial charge in [-0.15, -0.1) is 0 Å². The molecule has 2 aliphatic rings. The van der Waals surface area contributed by atoms with E-state index in [1.807, 2.05) is 13.8 Å². The molecule has 0 saturated carbocycles. The average molecular weight is 366 g/mol. The maximum Gasteiger partial charge on any atom is 0.416 e. The van der Waals surface area contributed by atoms with Crippen molar-refractivity contribution < 1.29 is 18.0 Å². The Morgan fingerprint density at radius 2 is 1.96 bits per heavy atom. The molecule has 2 aliphatic heterocycles. The number of aliphatic imine (C=N–C) groups is 1. The smallest absolute Gasteiger partial charge is 0.282 e. The number of carbonyl (C=O) groups is 1. The van der Waals surface area contributed by atoms with E-state index >= 15 is 0 Å². The van der Waals surface area contributed by atoms with Crippen molar-refractivity contribution in [2.24, 2.45) is 16.0 Å². The number of nitrogens with zero attached hydrogens (tertiary/aromatic N) is 3. The minimum absolute atomic E-state index is 0.0830. The molecule has 5 nitrogen and oxygen atoms in total. The van der Waals surface area contributed by atoms with Crippen LogP contribution in [0.4, 0.5) is 13.2 Å². The summed E-state index contributed by atoms with van der Waals surface area (Å²) in [7, 11) is 0. The van der Waals surface area contributed by atoms with Crippen LogP contribution in [-0.2, 0) is 11.0 Å². The zero-order valence-corrected chi connectivity index (χ0v) is 14.1. The van der Waals surface area contributed by atoms with Crippen LogP contribution in [0.25, 0.3) is 6.08 Å². The van der Waals surface area contributed by atoms with Crippen LogP contribution in [0, 0.1) is 11.3 Å². The number of benzene rings is 1. The lowest BCUT2D eigenvalue weighted by Gasteiger charge is -2.20. The van der Waals surface area contributed by atoms with Crippen LogP contribution in [0.3, 0.4) is 0 Å². The third kappa shape index (κ3) is 3.23. The monoisotopic (exact) mass is 366 g/mol. The van der Waals surface area contributed by atoms with Crippen LogP contribution >= 0.6 is 11.8 Å². The minimum Gasteiger partial charge on any atom is -0.282 e. The SMILES string of the molecule is CC(C)C1=NN2C(=N)/C(=C/c3ccccc3C(F)(F)F)C(=O)N=C2S1. The van der Waals surface area contributed by atoms with Gasteiger partial charge in [-0.25, -0.2) is 0 Å². The number of amides is 1. The lowest BCUT2D eigenvalue weighted by Crippen LogP contribution is -2.35. The van der Waals surface area contributed by atoms with Gasteiger partial charge in [0.15, 0.2) is 5.84 Å². The molecular weight excluding hydrogens is 353 g/mol. The number of carbonyl (C=O) groups excluding carboxylic acids is 1. The van der Waals surface area contributed by atoms with Gasteiger partial charge in [-0.3, -0.25) is 10.2 Å². The molecule has 0 fully saturated rings. The fourth-order valence-electron chi connectivity index (χ4n) is 2.28. The second-order valence-corrected chi connectivity index (χ2v) is 6.69. The first-order chi connectivity index (χ1) is 11.7. The van der Waals surface area contributed by atoms with Crippen molar-refractivity contribution in [3.8, 4) is 0 Å². The van der Waals surface area contributed by atoms with Gasteiger partial charge in [-0.2, -0.15) is 28.3 Å². The maximum atomic E-state index is 13.1. The Hall–Kier alpha value is -2.42. The van der Waals surface area contributed by atoms with E-state index in [2.05, 4.69) is 10.1 Å². The highest BCUT2D eigenvalue weighted by molar-refractivity contribution is 8.27. The van der Waals surface area contributed by atoms with Crippen LogP contribution in [0.2, 0.25) is 0 Å². The Balaban J connectivity index is 2.04. The van der Waals surface area contributed by atoms with E-state index in [0.29, 0.717) is 5.04 Å². The van der Waals surface area contributed by atoms with Crippen molar-refractivity contribution in [1.82, 2.24) is 5.01 Å². The molecule has 9 heteroatoms. The predicted octanol–water partition coefficient (Wildman–Crippen LogP) is 3.98. The Bertz CT molecular complexity index is 855. The highest BCUT2D eigenvalue weighted by atomic mass is 32.2. The molecule has 0 aromatic heterocycles. The Morgan fingerprint density at radius 3 is 2.60 bits per heavy atom. The second kappa shape index (κ2) is 6.14. The maximum absolute atomic E-state index is 13.1.